The van der Waals surface area contributed by atoms with Crippen molar-refractivity contribution in [3.05, 3.63) is 24.3 Å². The number of amides is 2. The summed E-state index contributed by atoms with van der Waals surface area (Å²) in [5.74, 6) is -1.49. The van der Waals surface area contributed by atoms with Crippen LogP contribution in [0.3, 0.4) is 0 Å². The summed E-state index contributed by atoms with van der Waals surface area (Å²) in [6, 6.07) is 7.11. The summed E-state index contributed by atoms with van der Waals surface area (Å²) in [6.45, 7) is 6.29. The zero-order valence-electron chi connectivity index (χ0n) is 38.8. The molecule has 2 N–H and O–H groups in total. The maximum atomic E-state index is 13.4. The van der Waals surface area contributed by atoms with E-state index in [1.54, 1.807) is 24.3 Å². The molecule has 0 heterocycles. The smallest absolute Gasteiger partial charge is 0.261 e. The van der Waals surface area contributed by atoms with Crippen molar-refractivity contribution in [2.75, 3.05) is 67.5 Å². The molecule has 0 spiro atoms. The van der Waals surface area contributed by atoms with Crippen LogP contribution in [0.5, 0.6) is 11.5 Å². The molecular weight excluding hydrogens is 761 g/mol. The number of likely N-dealkylation sites (N-methyl/N-ethyl adjacent to an activating group) is 2. The van der Waals surface area contributed by atoms with E-state index < -0.39 is 24.1 Å². The van der Waals surface area contributed by atoms with Crippen LogP contribution in [0.15, 0.2) is 24.3 Å². The molecule has 60 heavy (non-hydrogen) atoms. The Balaban J connectivity index is 2.88. The van der Waals surface area contributed by atoms with Crippen LogP contribution >= 0.6 is 0 Å². The minimum absolute atomic E-state index is 0.0881. The number of unbranched alkanes of at least 4 members (excludes halogenated alkanes) is 18. The van der Waals surface area contributed by atoms with E-state index in [2.05, 4.69) is 24.5 Å². The molecule has 0 aliphatic heterocycles. The largest absolute Gasteiger partial charge is 0.544 e. The van der Waals surface area contributed by atoms with Gasteiger partial charge in [-0.2, -0.15) is 0 Å². The maximum Gasteiger partial charge on any atom is 0.261 e. The molecule has 1 aromatic rings. The van der Waals surface area contributed by atoms with Gasteiger partial charge in [0, 0.05) is 25.9 Å². The number of hydrogen-bond donors (Lipinski definition) is 2. The van der Waals surface area contributed by atoms with E-state index in [1.807, 2.05) is 28.2 Å². The highest BCUT2D eigenvalue weighted by Gasteiger charge is 2.23. The van der Waals surface area contributed by atoms with Crippen LogP contribution < -0.4 is 30.3 Å². The number of carboxylic acids is 2. The highest BCUT2D eigenvalue weighted by Crippen LogP contribution is 2.23. The van der Waals surface area contributed by atoms with Gasteiger partial charge in [0.1, 0.15) is 24.6 Å². The minimum Gasteiger partial charge on any atom is -0.544 e. The van der Waals surface area contributed by atoms with Gasteiger partial charge in [0.25, 0.3) is 11.8 Å². The second-order valence-electron chi connectivity index (χ2n) is 18.3. The molecule has 0 radical (unpaired) electrons. The Hall–Kier alpha value is -3.38. The zero-order chi connectivity index (χ0) is 44.5. The molecule has 1 rings (SSSR count). The van der Waals surface area contributed by atoms with Crippen LogP contribution in [0.4, 0.5) is 0 Å². The molecule has 346 valence electrons. The fraction of sp³-hybridized carbons (Fsp3) is 0.792. The van der Waals surface area contributed by atoms with Gasteiger partial charge in [-0.1, -0.05) is 129 Å². The standard InChI is InChI=1S/C48H86N4O8/c1-7-9-11-13-15-17-19-21-23-25-29-43(47(57)49-35-27-37-51(3,4)39-45(53)54)59-41-31-33-42(34-32-41)60-44(30-26-24-22-20-18-16-14-12-10-8-2)48(58)50-36-28-38-52(5,6)40-46(55)56/h31-34,43-44H,7-30,35-40H2,1-6H3,(H2-2,49,50,53,54,55,56,57,58). The third-order valence-corrected chi connectivity index (χ3v) is 11.2. The molecule has 0 bridgehead atoms. The molecule has 0 aliphatic rings. The second-order valence-corrected chi connectivity index (χ2v) is 18.3. The predicted molar refractivity (Wildman–Crippen MR) is 237 cm³/mol. The van der Waals surface area contributed by atoms with Crippen molar-refractivity contribution in [3.8, 4) is 11.5 Å². The van der Waals surface area contributed by atoms with Crippen LogP contribution in [-0.4, -0.2) is 112 Å². The number of aliphatic carboxylic acids is 2. The minimum atomic E-state index is -1.10. The Kier molecular flexibility index (Phi) is 30.3. The Morgan fingerprint density at radius 1 is 0.483 bits per heavy atom. The fourth-order valence-corrected chi connectivity index (χ4v) is 7.57. The summed E-state index contributed by atoms with van der Waals surface area (Å²) in [6.07, 6.45) is 24.9. The number of carbonyl (C=O) groups excluding carboxylic acids is 4. The molecule has 2 unspecified atom stereocenters. The summed E-state index contributed by atoms with van der Waals surface area (Å²) >= 11 is 0. The van der Waals surface area contributed by atoms with E-state index in [-0.39, 0.29) is 33.9 Å². The van der Waals surface area contributed by atoms with Crippen molar-refractivity contribution in [1.29, 1.82) is 0 Å². The molecule has 2 atom stereocenters. The third kappa shape index (κ3) is 29.8. The highest BCUT2D eigenvalue weighted by atomic mass is 16.5. The average Bonchev–Trinajstić information content (AvgIpc) is 3.18. The van der Waals surface area contributed by atoms with Crippen molar-refractivity contribution in [2.24, 2.45) is 0 Å². The number of rotatable bonds is 40. The number of benzene rings is 1. The lowest BCUT2D eigenvalue weighted by Gasteiger charge is -2.30. The molecular formula is C48H86N4O8. The van der Waals surface area contributed by atoms with Gasteiger partial charge in [0.05, 0.1) is 53.2 Å². The second kappa shape index (κ2) is 33.3. The monoisotopic (exact) mass is 847 g/mol. The first-order valence-corrected chi connectivity index (χ1v) is 23.7. The highest BCUT2D eigenvalue weighted by molar-refractivity contribution is 5.81. The Morgan fingerprint density at radius 2 is 0.767 bits per heavy atom. The van der Waals surface area contributed by atoms with Crippen LogP contribution in [0, 0.1) is 0 Å². The van der Waals surface area contributed by atoms with Gasteiger partial charge in [0.2, 0.25) is 0 Å². The summed E-state index contributed by atoms with van der Waals surface area (Å²) < 4.78 is 13.1. The normalized spacial score (nSPS) is 12.8. The lowest BCUT2D eigenvalue weighted by molar-refractivity contribution is -0.884. The SMILES string of the molecule is CCCCCCCCCCCCC(Oc1ccc(OC(CCCCCCCCCCCC)C(=O)NCCC[N+](C)(C)CC(=O)[O-])cc1)C(=O)NCCC[N+](C)(C)CC(=O)[O-]. The summed E-state index contributed by atoms with van der Waals surface area (Å²) in [5, 5.41) is 28.3. The van der Waals surface area contributed by atoms with Crippen molar-refractivity contribution in [3.63, 3.8) is 0 Å². The van der Waals surface area contributed by atoms with E-state index >= 15 is 0 Å². The molecule has 2 amide bonds. The summed E-state index contributed by atoms with van der Waals surface area (Å²) in [4.78, 5) is 49.1. The first-order valence-electron chi connectivity index (χ1n) is 23.7. The molecule has 12 nitrogen and oxygen atoms in total. The van der Waals surface area contributed by atoms with E-state index in [0.29, 0.717) is 63.4 Å². The van der Waals surface area contributed by atoms with Crippen LogP contribution in [-0.2, 0) is 19.2 Å². The van der Waals surface area contributed by atoms with E-state index in [9.17, 15) is 29.4 Å². The first-order chi connectivity index (χ1) is 28.7. The van der Waals surface area contributed by atoms with Crippen molar-refractivity contribution < 1.29 is 47.8 Å². The molecule has 0 aromatic heterocycles. The van der Waals surface area contributed by atoms with E-state index in [0.717, 1.165) is 38.5 Å². The number of nitrogens with one attached hydrogen (secondary N) is 2. The summed E-state index contributed by atoms with van der Waals surface area (Å²) in [5.41, 5.74) is 0. The number of ether oxygens (including phenoxy) is 2. The number of nitrogens with zero attached hydrogens (tertiary/aromatic N) is 2. The van der Waals surface area contributed by atoms with Gasteiger partial charge in [-0.25, -0.2) is 0 Å². The quantitative estimate of drug-likeness (QED) is 0.0563. The Labute approximate surface area is 364 Å². The van der Waals surface area contributed by atoms with Crippen LogP contribution in [0.25, 0.3) is 0 Å². The van der Waals surface area contributed by atoms with E-state index in [4.69, 9.17) is 9.47 Å². The Bertz CT molecular complexity index is 1190. The fourth-order valence-electron chi connectivity index (χ4n) is 7.57. The lowest BCUT2D eigenvalue weighted by Crippen LogP contribution is -2.49. The molecule has 0 saturated heterocycles. The van der Waals surface area contributed by atoms with E-state index in [1.165, 1.54) is 89.9 Å². The average molecular weight is 847 g/mol. The molecule has 1 aromatic carbocycles. The third-order valence-electron chi connectivity index (χ3n) is 11.2. The summed E-state index contributed by atoms with van der Waals surface area (Å²) in [7, 11) is 7.34. The predicted octanol–water partition coefficient (Wildman–Crippen LogP) is 6.47. The number of quaternary nitrogens is 2. The molecule has 12 heteroatoms. The Morgan fingerprint density at radius 3 is 1.05 bits per heavy atom. The van der Waals surface area contributed by atoms with Crippen molar-refractivity contribution in [1.82, 2.24) is 10.6 Å². The molecule has 0 aliphatic carbocycles. The number of carboxylic acid groups (broad SMARTS) is 2. The zero-order valence-corrected chi connectivity index (χ0v) is 38.8. The lowest BCUT2D eigenvalue weighted by atomic mass is 10.0. The first kappa shape index (κ1) is 54.6. The van der Waals surface area contributed by atoms with Crippen LogP contribution in [0.2, 0.25) is 0 Å². The van der Waals surface area contributed by atoms with Gasteiger partial charge >= 0.3 is 0 Å². The van der Waals surface area contributed by atoms with Gasteiger partial charge in [0.15, 0.2) is 12.2 Å². The topological polar surface area (TPSA) is 157 Å². The molecule has 0 fully saturated rings. The van der Waals surface area contributed by atoms with Crippen LogP contribution in [0.1, 0.15) is 168 Å². The van der Waals surface area contributed by atoms with Gasteiger partial charge in [-0.05, 0) is 49.9 Å². The molecule has 0 saturated carbocycles. The number of carbonyl (C=O) groups is 4. The number of hydrogen-bond acceptors (Lipinski definition) is 8. The van der Waals surface area contributed by atoms with Gasteiger partial charge in [-0.3, -0.25) is 9.59 Å². The van der Waals surface area contributed by atoms with Gasteiger partial charge in [-0.15, -0.1) is 0 Å². The van der Waals surface area contributed by atoms with Gasteiger partial charge < -0.3 is 48.9 Å². The van der Waals surface area contributed by atoms with Crippen molar-refractivity contribution >= 4 is 23.8 Å². The maximum absolute atomic E-state index is 13.4. The van der Waals surface area contributed by atoms with Crippen molar-refractivity contribution in [2.45, 2.75) is 180 Å².